The second-order valence-electron chi connectivity index (χ2n) is 5.65. The Kier molecular flexibility index (Phi) is 11.0. The smallest absolute Gasteiger partial charge is 0.191 e. The van der Waals surface area contributed by atoms with Gasteiger partial charge in [0.05, 0.1) is 13.7 Å². The Morgan fingerprint density at radius 1 is 1.04 bits per heavy atom. The SMILES string of the molecule is CCOc1ccc(CNC(=NC)NCCc2ccc(Cl)cc2)cc1OC.I. The van der Waals surface area contributed by atoms with Gasteiger partial charge in [-0.15, -0.1) is 24.0 Å². The number of nitrogens with zero attached hydrogens (tertiary/aromatic N) is 1. The van der Waals surface area contributed by atoms with Crippen molar-refractivity contribution in [1.29, 1.82) is 0 Å². The van der Waals surface area contributed by atoms with Gasteiger partial charge in [-0.25, -0.2) is 0 Å². The fraction of sp³-hybridized carbons (Fsp3) is 0.350. The first-order chi connectivity index (χ1) is 12.7. The number of methoxy groups -OCH3 is 1. The molecule has 2 aromatic carbocycles. The van der Waals surface area contributed by atoms with Gasteiger partial charge in [0.1, 0.15) is 0 Å². The molecule has 7 heteroatoms. The van der Waals surface area contributed by atoms with E-state index in [4.69, 9.17) is 21.1 Å². The van der Waals surface area contributed by atoms with Crippen molar-refractivity contribution >= 4 is 41.5 Å². The predicted octanol–water partition coefficient (Wildman–Crippen LogP) is 4.27. The minimum atomic E-state index is 0. The molecule has 5 nitrogen and oxygen atoms in total. The van der Waals surface area contributed by atoms with Crippen LogP contribution in [0.3, 0.4) is 0 Å². The lowest BCUT2D eigenvalue weighted by atomic mass is 10.1. The van der Waals surface area contributed by atoms with Crippen molar-refractivity contribution in [3.05, 3.63) is 58.6 Å². The Bertz CT molecular complexity index is 724. The molecular formula is C20H27ClIN3O2. The van der Waals surface area contributed by atoms with Gasteiger partial charge in [-0.2, -0.15) is 0 Å². The summed E-state index contributed by atoms with van der Waals surface area (Å²) in [5.74, 6) is 2.24. The highest BCUT2D eigenvalue weighted by molar-refractivity contribution is 14.0. The third-order valence-electron chi connectivity index (χ3n) is 3.83. The maximum absolute atomic E-state index is 5.91. The van der Waals surface area contributed by atoms with Gasteiger partial charge in [0.25, 0.3) is 0 Å². The summed E-state index contributed by atoms with van der Waals surface area (Å²) in [5, 5.41) is 7.37. The van der Waals surface area contributed by atoms with Crippen molar-refractivity contribution in [3.63, 3.8) is 0 Å². The van der Waals surface area contributed by atoms with Gasteiger partial charge in [-0.05, 0) is 48.7 Å². The molecule has 0 bridgehead atoms. The Morgan fingerprint density at radius 3 is 2.37 bits per heavy atom. The van der Waals surface area contributed by atoms with Crippen LogP contribution in [-0.4, -0.2) is 33.3 Å². The van der Waals surface area contributed by atoms with E-state index in [9.17, 15) is 0 Å². The normalized spacial score (nSPS) is 10.7. The van der Waals surface area contributed by atoms with Crippen LogP contribution in [0.1, 0.15) is 18.1 Å². The summed E-state index contributed by atoms with van der Waals surface area (Å²) in [7, 11) is 3.41. The lowest BCUT2D eigenvalue weighted by Crippen LogP contribution is -2.37. The maximum atomic E-state index is 5.91. The highest BCUT2D eigenvalue weighted by atomic mass is 127. The topological polar surface area (TPSA) is 54.9 Å². The number of rotatable bonds is 8. The van der Waals surface area contributed by atoms with Gasteiger partial charge in [-0.1, -0.05) is 29.8 Å². The summed E-state index contributed by atoms with van der Waals surface area (Å²) in [4.78, 5) is 4.26. The number of aliphatic imine (C=N–C) groups is 1. The molecule has 0 fully saturated rings. The zero-order valence-corrected chi connectivity index (χ0v) is 19.0. The molecule has 2 aromatic rings. The fourth-order valence-electron chi connectivity index (χ4n) is 2.48. The first kappa shape index (κ1) is 23.4. The molecule has 0 saturated carbocycles. The maximum Gasteiger partial charge on any atom is 0.191 e. The molecule has 0 aromatic heterocycles. The molecule has 0 heterocycles. The highest BCUT2D eigenvalue weighted by Gasteiger charge is 2.06. The van der Waals surface area contributed by atoms with Gasteiger partial charge in [-0.3, -0.25) is 4.99 Å². The van der Waals surface area contributed by atoms with Crippen molar-refractivity contribution in [2.45, 2.75) is 19.9 Å². The van der Waals surface area contributed by atoms with E-state index >= 15 is 0 Å². The molecule has 0 spiro atoms. The van der Waals surface area contributed by atoms with Crippen LogP contribution in [-0.2, 0) is 13.0 Å². The number of guanidine groups is 1. The highest BCUT2D eigenvalue weighted by Crippen LogP contribution is 2.27. The van der Waals surface area contributed by atoms with Crippen LogP contribution >= 0.6 is 35.6 Å². The zero-order chi connectivity index (χ0) is 18.8. The van der Waals surface area contributed by atoms with Gasteiger partial charge in [0, 0.05) is 25.2 Å². The number of nitrogens with one attached hydrogen (secondary N) is 2. The van der Waals surface area contributed by atoms with Crippen molar-refractivity contribution in [3.8, 4) is 11.5 Å². The molecule has 0 atom stereocenters. The molecule has 0 aliphatic rings. The average Bonchev–Trinajstić information content (AvgIpc) is 2.67. The van der Waals surface area contributed by atoms with E-state index in [0.29, 0.717) is 13.2 Å². The quantitative estimate of drug-likeness (QED) is 0.321. The van der Waals surface area contributed by atoms with E-state index in [1.54, 1.807) is 14.2 Å². The summed E-state index contributed by atoms with van der Waals surface area (Å²) in [6.07, 6.45) is 0.898. The molecule has 0 aliphatic heterocycles. The largest absolute Gasteiger partial charge is 0.493 e. The van der Waals surface area contributed by atoms with Gasteiger partial charge in [0.2, 0.25) is 0 Å². The van der Waals surface area contributed by atoms with E-state index in [0.717, 1.165) is 41.0 Å². The average molecular weight is 504 g/mol. The Labute approximate surface area is 183 Å². The van der Waals surface area contributed by atoms with Gasteiger partial charge in [0.15, 0.2) is 17.5 Å². The second-order valence-corrected chi connectivity index (χ2v) is 6.08. The van der Waals surface area contributed by atoms with Gasteiger partial charge < -0.3 is 20.1 Å². The summed E-state index contributed by atoms with van der Waals surface area (Å²) in [5.41, 5.74) is 2.32. The molecule has 0 unspecified atom stereocenters. The predicted molar refractivity (Wildman–Crippen MR) is 123 cm³/mol. The van der Waals surface area contributed by atoms with Crippen LogP contribution in [0.25, 0.3) is 0 Å². The van der Waals surface area contributed by atoms with Crippen molar-refractivity contribution in [1.82, 2.24) is 10.6 Å². The molecule has 2 rings (SSSR count). The van der Waals surface area contributed by atoms with E-state index in [-0.39, 0.29) is 24.0 Å². The fourth-order valence-corrected chi connectivity index (χ4v) is 2.61. The van der Waals surface area contributed by atoms with Crippen LogP contribution < -0.4 is 20.1 Å². The van der Waals surface area contributed by atoms with Crippen molar-refractivity contribution < 1.29 is 9.47 Å². The lowest BCUT2D eigenvalue weighted by Gasteiger charge is -2.14. The van der Waals surface area contributed by atoms with Crippen molar-refractivity contribution in [2.75, 3.05) is 27.3 Å². The van der Waals surface area contributed by atoms with Crippen molar-refractivity contribution in [2.24, 2.45) is 4.99 Å². The summed E-state index contributed by atoms with van der Waals surface area (Å²) in [6, 6.07) is 13.8. The monoisotopic (exact) mass is 503 g/mol. The van der Waals surface area contributed by atoms with Crippen LogP contribution in [0.5, 0.6) is 11.5 Å². The van der Waals surface area contributed by atoms with Crippen LogP contribution in [0.15, 0.2) is 47.5 Å². The molecule has 0 saturated heterocycles. The first-order valence-electron chi connectivity index (χ1n) is 8.65. The van der Waals surface area contributed by atoms with Gasteiger partial charge >= 0.3 is 0 Å². The molecule has 27 heavy (non-hydrogen) atoms. The molecule has 2 N–H and O–H groups in total. The van der Waals surface area contributed by atoms with Crippen LogP contribution in [0.4, 0.5) is 0 Å². The minimum absolute atomic E-state index is 0. The van der Waals surface area contributed by atoms with E-state index < -0.39 is 0 Å². The Hall–Kier alpha value is -1.67. The number of halogens is 2. The summed E-state index contributed by atoms with van der Waals surface area (Å²) < 4.78 is 10.9. The van der Waals surface area contributed by atoms with Crippen LogP contribution in [0, 0.1) is 0 Å². The second kappa shape index (κ2) is 12.7. The number of benzene rings is 2. The Balaban J connectivity index is 0.00000364. The standard InChI is InChI=1S/C20H26ClN3O2.HI/c1-4-26-18-10-7-16(13-19(18)25-3)14-24-20(22-2)23-12-11-15-5-8-17(21)9-6-15;/h5-10,13H,4,11-12,14H2,1-3H3,(H2,22,23,24);1H. The van der Waals surface area contributed by atoms with E-state index in [2.05, 4.69) is 15.6 Å². The number of ether oxygens (including phenoxy) is 2. The Morgan fingerprint density at radius 2 is 1.74 bits per heavy atom. The lowest BCUT2D eigenvalue weighted by molar-refractivity contribution is 0.310. The zero-order valence-electron chi connectivity index (χ0n) is 15.9. The molecule has 0 aliphatic carbocycles. The molecular weight excluding hydrogens is 477 g/mol. The molecule has 0 radical (unpaired) electrons. The van der Waals surface area contributed by atoms with E-state index in [1.807, 2.05) is 49.4 Å². The first-order valence-corrected chi connectivity index (χ1v) is 9.02. The third-order valence-corrected chi connectivity index (χ3v) is 4.08. The summed E-state index contributed by atoms with van der Waals surface area (Å²) >= 11 is 5.91. The third kappa shape index (κ3) is 7.84. The van der Waals surface area contributed by atoms with Crippen LogP contribution in [0.2, 0.25) is 5.02 Å². The molecule has 148 valence electrons. The van der Waals surface area contributed by atoms with E-state index in [1.165, 1.54) is 5.56 Å². The summed E-state index contributed by atoms with van der Waals surface area (Å²) in [6.45, 7) is 3.99. The number of hydrogen-bond acceptors (Lipinski definition) is 3. The number of hydrogen-bond donors (Lipinski definition) is 2. The molecule has 0 amide bonds. The minimum Gasteiger partial charge on any atom is -0.493 e.